The molecule has 3 radical (unpaired) electrons. The molecule has 179 valence electrons. The molecule has 2 aromatic carbocycles. The monoisotopic (exact) mass is 489 g/mol. The van der Waals surface area contributed by atoms with E-state index in [9.17, 15) is 14.4 Å². The maximum absolute atomic E-state index is 11.4. The number of aliphatic hydroxyl groups excluding tert-OH is 1. The Kier molecular flexibility index (Phi) is 12.7. The minimum Gasteiger partial charge on any atom is -0.477 e. The van der Waals surface area contributed by atoms with Gasteiger partial charge in [-0.15, -0.1) is 0 Å². The van der Waals surface area contributed by atoms with Crippen LogP contribution in [0.4, 0.5) is 0 Å². The first-order valence-corrected chi connectivity index (χ1v) is 11.8. The minimum atomic E-state index is -1.22. The number of hydrogen-bond donors (Lipinski definition) is 4. The molecule has 0 bridgehead atoms. The molecular weight excluding hydrogens is 463 g/mol. The third kappa shape index (κ3) is 8.81. The number of carboxylic acid groups (broad SMARTS) is 1. The molecule has 0 amide bonds. The van der Waals surface area contributed by atoms with Gasteiger partial charge in [-0.3, -0.25) is 9.59 Å². The van der Waals surface area contributed by atoms with E-state index in [2.05, 4.69) is 9.97 Å². The molecule has 0 fully saturated rings. The van der Waals surface area contributed by atoms with Crippen LogP contribution < -0.4 is 11.1 Å². The van der Waals surface area contributed by atoms with Gasteiger partial charge >= 0.3 is 5.97 Å². The number of aromatic nitrogens is 2. The Hall–Kier alpha value is -3.82. The lowest BCUT2D eigenvalue weighted by atomic mass is 10.1. The predicted octanol–water partition coefficient (Wildman–Crippen LogP) is 3.87. The number of H-pyrrole nitrogens is 2. The topological polar surface area (TPSA) is 123 Å². The number of carboxylic acids is 1. The van der Waals surface area contributed by atoms with Crippen molar-refractivity contribution < 1.29 is 15.0 Å². The van der Waals surface area contributed by atoms with Crippen molar-refractivity contribution in [3.63, 3.8) is 0 Å². The fraction of sp³-hybridized carbons (Fsp3) is 0.115. The summed E-state index contributed by atoms with van der Waals surface area (Å²) in [6, 6.07) is 25.1. The molecule has 0 atom stereocenters. The zero-order valence-electron chi connectivity index (χ0n) is 19.4. The summed E-state index contributed by atoms with van der Waals surface area (Å²) in [6.07, 6.45) is 4.08. The molecule has 7 nitrogen and oxygen atoms in total. The SMILES string of the molecule is CSC.O=C(O)c1ccc(-c2ccccc2)[nH]c1=O.O=c1[nH]c(-c2ccccc2)ccc1CO.[B]. The van der Waals surface area contributed by atoms with E-state index in [0.29, 0.717) is 11.3 Å². The Balaban J connectivity index is 0.000000308. The fourth-order valence-electron chi connectivity index (χ4n) is 2.84. The van der Waals surface area contributed by atoms with Crippen molar-refractivity contribution in [3.8, 4) is 22.5 Å². The van der Waals surface area contributed by atoms with Crippen molar-refractivity contribution in [1.29, 1.82) is 0 Å². The van der Waals surface area contributed by atoms with Crippen LogP contribution in [0.1, 0.15) is 15.9 Å². The second-order valence-electron chi connectivity index (χ2n) is 6.94. The summed E-state index contributed by atoms with van der Waals surface area (Å²) in [5.41, 5.74) is 2.48. The number of aliphatic hydroxyl groups is 1. The van der Waals surface area contributed by atoms with E-state index < -0.39 is 11.5 Å². The molecule has 4 rings (SSSR count). The number of thioether (sulfide) groups is 1. The Labute approximate surface area is 209 Å². The maximum Gasteiger partial charge on any atom is 0.341 e. The lowest BCUT2D eigenvalue weighted by Gasteiger charge is -2.02. The summed E-state index contributed by atoms with van der Waals surface area (Å²) < 4.78 is 0. The van der Waals surface area contributed by atoms with Crippen LogP contribution in [0.3, 0.4) is 0 Å². The lowest BCUT2D eigenvalue weighted by molar-refractivity contribution is 0.0695. The van der Waals surface area contributed by atoms with E-state index in [-0.39, 0.29) is 26.1 Å². The number of aromatic amines is 2. The van der Waals surface area contributed by atoms with Crippen LogP contribution >= 0.6 is 11.8 Å². The van der Waals surface area contributed by atoms with Crippen molar-refractivity contribution in [1.82, 2.24) is 9.97 Å². The standard InChI is InChI=1S/C12H9NO3.C12H11NO2.C2H6S.B/c14-11-9(12(15)16)6-7-10(13-11)8-4-2-1-3-5-8;14-8-10-6-7-11(13-12(10)15)9-4-2-1-3-5-9;1-3-2;/h1-7H,(H,13,14)(H,15,16);1-7,14H,8H2,(H,13,15);1-2H3;. The highest BCUT2D eigenvalue weighted by Gasteiger charge is 2.08. The molecular formula is C26H26BN2O5S. The third-order valence-corrected chi connectivity index (χ3v) is 4.47. The molecule has 4 N–H and O–H groups in total. The van der Waals surface area contributed by atoms with Crippen molar-refractivity contribution >= 4 is 26.1 Å². The summed E-state index contributed by atoms with van der Waals surface area (Å²) in [4.78, 5) is 38.8. The van der Waals surface area contributed by atoms with Crippen molar-refractivity contribution in [3.05, 3.63) is 117 Å². The highest BCUT2D eigenvalue weighted by atomic mass is 32.2. The average molecular weight is 489 g/mol. The van der Waals surface area contributed by atoms with Crippen molar-refractivity contribution in [2.75, 3.05) is 12.5 Å². The lowest BCUT2D eigenvalue weighted by Crippen LogP contribution is -2.17. The molecule has 0 aliphatic carbocycles. The van der Waals surface area contributed by atoms with Crippen LogP contribution in [-0.2, 0) is 6.61 Å². The van der Waals surface area contributed by atoms with Gasteiger partial charge in [0.15, 0.2) is 0 Å². The average Bonchev–Trinajstić information content (AvgIpc) is 2.86. The van der Waals surface area contributed by atoms with Crippen LogP contribution in [0.5, 0.6) is 0 Å². The van der Waals surface area contributed by atoms with Crippen LogP contribution in [0.15, 0.2) is 94.5 Å². The van der Waals surface area contributed by atoms with E-state index in [1.54, 1.807) is 30.0 Å². The van der Waals surface area contributed by atoms with Crippen molar-refractivity contribution in [2.45, 2.75) is 6.61 Å². The number of aromatic carboxylic acids is 1. The predicted molar refractivity (Wildman–Crippen MR) is 143 cm³/mol. The molecule has 0 aliphatic rings. The first-order valence-electron chi connectivity index (χ1n) is 10.2. The van der Waals surface area contributed by atoms with Gasteiger partial charge < -0.3 is 20.2 Å². The van der Waals surface area contributed by atoms with Gasteiger partial charge in [0.2, 0.25) is 0 Å². The normalized spacial score (nSPS) is 9.46. The van der Waals surface area contributed by atoms with Gasteiger partial charge in [-0.25, -0.2) is 4.79 Å². The van der Waals surface area contributed by atoms with Gasteiger partial charge in [-0.1, -0.05) is 60.7 Å². The molecule has 0 aliphatic heterocycles. The summed E-state index contributed by atoms with van der Waals surface area (Å²) in [7, 11) is 0. The minimum absolute atomic E-state index is 0. The van der Waals surface area contributed by atoms with E-state index >= 15 is 0 Å². The van der Waals surface area contributed by atoms with Crippen LogP contribution in [0.25, 0.3) is 22.5 Å². The summed E-state index contributed by atoms with van der Waals surface area (Å²) >= 11 is 1.75. The fourth-order valence-corrected chi connectivity index (χ4v) is 2.84. The molecule has 0 spiro atoms. The van der Waals surface area contributed by atoms with E-state index in [1.807, 2.05) is 73.2 Å². The second-order valence-corrected chi connectivity index (χ2v) is 7.76. The number of rotatable bonds is 4. The molecule has 2 aromatic heterocycles. The van der Waals surface area contributed by atoms with Gasteiger partial charge in [-0.05, 0) is 47.9 Å². The Bertz CT molecular complexity index is 1310. The number of hydrogen-bond acceptors (Lipinski definition) is 5. The highest BCUT2D eigenvalue weighted by molar-refractivity contribution is 7.97. The first kappa shape index (κ1) is 29.2. The largest absolute Gasteiger partial charge is 0.477 e. The zero-order valence-corrected chi connectivity index (χ0v) is 20.2. The molecule has 2 heterocycles. The second kappa shape index (κ2) is 15.2. The Morgan fingerprint density at radius 2 is 1.17 bits per heavy atom. The highest BCUT2D eigenvalue weighted by Crippen LogP contribution is 2.15. The third-order valence-electron chi connectivity index (χ3n) is 4.47. The quantitative estimate of drug-likeness (QED) is 0.323. The molecule has 9 heteroatoms. The van der Waals surface area contributed by atoms with Crippen molar-refractivity contribution in [2.24, 2.45) is 0 Å². The number of benzene rings is 2. The van der Waals surface area contributed by atoms with Crippen LogP contribution in [0, 0.1) is 0 Å². The molecule has 0 unspecified atom stereocenters. The molecule has 35 heavy (non-hydrogen) atoms. The Morgan fingerprint density at radius 3 is 1.54 bits per heavy atom. The van der Waals surface area contributed by atoms with Gasteiger partial charge in [-0.2, -0.15) is 11.8 Å². The summed E-state index contributed by atoms with van der Waals surface area (Å²) in [6.45, 7) is -0.232. The summed E-state index contributed by atoms with van der Waals surface area (Å²) in [5, 5.41) is 17.6. The zero-order chi connectivity index (χ0) is 24.9. The van der Waals surface area contributed by atoms with Crippen LogP contribution in [0.2, 0.25) is 0 Å². The summed E-state index contributed by atoms with van der Waals surface area (Å²) in [5.74, 6) is -1.22. The number of carbonyl (C=O) groups is 1. The Morgan fingerprint density at radius 1 is 0.743 bits per heavy atom. The maximum atomic E-state index is 11.4. The van der Waals surface area contributed by atoms with Gasteiger partial charge in [0, 0.05) is 25.4 Å². The first-order chi connectivity index (χ1) is 16.4. The van der Waals surface area contributed by atoms with E-state index in [0.717, 1.165) is 16.8 Å². The van der Waals surface area contributed by atoms with Gasteiger partial charge in [0.1, 0.15) is 5.56 Å². The smallest absolute Gasteiger partial charge is 0.341 e. The van der Waals surface area contributed by atoms with Gasteiger partial charge in [0.25, 0.3) is 11.1 Å². The number of pyridine rings is 2. The van der Waals surface area contributed by atoms with Gasteiger partial charge in [0.05, 0.1) is 6.61 Å². The van der Waals surface area contributed by atoms with Crippen LogP contribution in [-0.4, -0.2) is 47.1 Å². The molecule has 4 aromatic rings. The number of nitrogens with one attached hydrogen (secondary N) is 2. The molecule has 0 saturated carbocycles. The molecule has 0 saturated heterocycles. The van der Waals surface area contributed by atoms with E-state index in [4.69, 9.17) is 10.2 Å². The van der Waals surface area contributed by atoms with E-state index in [1.165, 1.54) is 6.07 Å².